The van der Waals surface area contributed by atoms with Gasteiger partial charge in [-0.3, -0.25) is 4.68 Å². The summed E-state index contributed by atoms with van der Waals surface area (Å²) in [5, 5.41) is 17.0. The Labute approximate surface area is 97.7 Å². The molecular weight excluding hydrogens is 202 g/mol. The van der Waals surface area contributed by atoms with Gasteiger partial charge in [0.25, 0.3) is 0 Å². The Morgan fingerprint density at radius 1 is 1.50 bits per heavy atom. The molecule has 4 nitrogen and oxygen atoms in total. The van der Waals surface area contributed by atoms with Gasteiger partial charge < -0.3 is 10.4 Å². The molecule has 0 spiro atoms. The van der Waals surface area contributed by atoms with Gasteiger partial charge in [0.2, 0.25) is 0 Å². The number of aliphatic hydroxyl groups excluding tert-OH is 1. The lowest BCUT2D eigenvalue weighted by Crippen LogP contribution is -2.27. The molecule has 0 aliphatic rings. The van der Waals surface area contributed by atoms with Crippen LogP contribution in [0.2, 0.25) is 0 Å². The Kier molecular flexibility index (Phi) is 5.49. The molecule has 1 unspecified atom stereocenters. The van der Waals surface area contributed by atoms with E-state index in [4.69, 9.17) is 0 Å². The normalized spacial score (nSPS) is 13.0. The second kappa shape index (κ2) is 6.66. The highest BCUT2D eigenvalue weighted by Gasteiger charge is 2.01. The molecule has 0 radical (unpaired) electrons. The maximum atomic E-state index is 9.34. The Hall–Kier alpha value is -0.870. The van der Waals surface area contributed by atoms with E-state index in [0.29, 0.717) is 6.54 Å². The predicted molar refractivity (Wildman–Crippen MR) is 65.5 cm³/mol. The van der Waals surface area contributed by atoms with Gasteiger partial charge >= 0.3 is 0 Å². The quantitative estimate of drug-likeness (QED) is 0.687. The average molecular weight is 225 g/mol. The number of nitrogens with one attached hydrogen (secondary N) is 1. The Morgan fingerprint density at radius 3 is 2.81 bits per heavy atom. The summed E-state index contributed by atoms with van der Waals surface area (Å²) in [6.07, 6.45) is 1.64. The van der Waals surface area contributed by atoms with E-state index < -0.39 is 0 Å². The van der Waals surface area contributed by atoms with Crippen LogP contribution in [0.1, 0.15) is 31.2 Å². The van der Waals surface area contributed by atoms with Crippen LogP contribution in [-0.2, 0) is 6.54 Å². The van der Waals surface area contributed by atoms with Crippen molar-refractivity contribution in [1.29, 1.82) is 0 Å². The van der Waals surface area contributed by atoms with Crippen molar-refractivity contribution in [2.24, 2.45) is 0 Å². The van der Waals surface area contributed by atoms with Crippen molar-refractivity contribution in [1.82, 2.24) is 15.1 Å². The Balaban J connectivity index is 2.14. The van der Waals surface area contributed by atoms with Crippen molar-refractivity contribution in [3.63, 3.8) is 0 Å². The molecule has 0 aliphatic carbocycles. The minimum atomic E-state index is -0.214. The fourth-order valence-corrected chi connectivity index (χ4v) is 1.67. The van der Waals surface area contributed by atoms with Gasteiger partial charge in [0.1, 0.15) is 0 Å². The van der Waals surface area contributed by atoms with E-state index in [1.54, 1.807) is 0 Å². The lowest BCUT2D eigenvalue weighted by atomic mass is 10.3. The van der Waals surface area contributed by atoms with Crippen molar-refractivity contribution in [3.8, 4) is 0 Å². The molecule has 0 bridgehead atoms. The number of aromatic nitrogens is 2. The first-order valence-electron chi connectivity index (χ1n) is 6.03. The van der Waals surface area contributed by atoms with Crippen molar-refractivity contribution in [2.45, 2.75) is 46.3 Å². The van der Waals surface area contributed by atoms with Gasteiger partial charge in [-0.1, -0.05) is 6.92 Å². The first-order chi connectivity index (χ1) is 7.63. The molecule has 92 valence electrons. The first kappa shape index (κ1) is 13.2. The minimum absolute atomic E-state index is 0.214. The lowest BCUT2D eigenvalue weighted by Gasteiger charge is -2.09. The zero-order valence-electron chi connectivity index (χ0n) is 10.5. The third-order valence-corrected chi connectivity index (χ3v) is 2.68. The summed E-state index contributed by atoms with van der Waals surface area (Å²) in [5.74, 6) is 0. The highest BCUT2D eigenvalue weighted by Crippen LogP contribution is 2.02. The molecule has 1 heterocycles. The molecule has 16 heavy (non-hydrogen) atoms. The van der Waals surface area contributed by atoms with E-state index in [0.717, 1.165) is 31.6 Å². The second-order valence-corrected chi connectivity index (χ2v) is 4.27. The Bertz CT molecular complexity index is 309. The molecule has 0 amide bonds. The number of hydrogen-bond acceptors (Lipinski definition) is 3. The van der Waals surface area contributed by atoms with E-state index in [-0.39, 0.29) is 6.10 Å². The molecule has 0 saturated heterocycles. The van der Waals surface area contributed by atoms with Gasteiger partial charge in [0.15, 0.2) is 0 Å². The minimum Gasteiger partial charge on any atom is -0.392 e. The summed E-state index contributed by atoms with van der Waals surface area (Å²) in [7, 11) is 0. The first-order valence-corrected chi connectivity index (χ1v) is 6.03. The molecule has 4 heteroatoms. The zero-order chi connectivity index (χ0) is 12.0. The van der Waals surface area contributed by atoms with E-state index in [9.17, 15) is 5.11 Å². The van der Waals surface area contributed by atoms with Crippen LogP contribution in [0.5, 0.6) is 0 Å². The van der Waals surface area contributed by atoms with Crippen molar-refractivity contribution < 1.29 is 5.11 Å². The topological polar surface area (TPSA) is 50.1 Å². The molecule has 1 atom stereocenters. The summed E-state index contributed by atoms with van der Waals surface area (Å²) in [4.78, 5) is 0. The maximum Gasteiger partial charge on any atom is 0.0662 e. The number of nitrogens with zero attached hydrogens (tertiary/aromatic N) is 2. The summed E-state index contributed by atoms with van der Waals surface area (Å²) in [6.45, 7) is 8.63. The largest absolute Gasteiger partial charge is 0.392 e. The second-order valence-electron chi connectivity index (χ2n) is 4.27. The highest BCUT2D eigenvalue weighted by atomic mass is 16.3. The molecule has 0 saturated carbocycles. The predicted octanol–water partition coefficient (Wildman–Crippen LogP) is 1.25. The van der Waals surface area contributed by atoms with E-state index in [2.05, 4.69) is 23.4 Å². The number of aliphatic hydroxyl groups is 1. The number of rotatable bonds is 7. The van der Waals surface area contributed by atoms with Crippen LogP contribution >= 0.6 is 0 Å². The van der Waals surface area contributed by atoms with Gasteiger partial charge in [0, 0.05) is 18.8 Å². The summed E-state index contributed by atoms with van der Waals surface area (Å²) in [5.41, 5.74) is 2.29. The van der Waals surface area contributed by atoms with Gasteiger partial charge in [-0.05, 0) is 39.3 Å². The number of hydrogen-bond donors (Lipinski definition) is 2. The van der Waals surface area contributed by atoms with Crippen molar-refractivity contribution in [2.75, 3.05) is 13.1 Å². The molecule has 1 aromatic heterocycles. The van der Waals surface area contributed by atoms with Gasteiger partial charge in [0.05, 0.1) is 11.8 Å². The van der Waals surface area contributed by atoms with Crippen LogP contribution in [-0.4, -0.2) is 34.1 Å². The van der Waals surface area contributed by atoms with Crippen molar-refractivity contribution >= 4 is 0 Å². The Morgan fingerprint density at radius 2 is 2.25 bits per heavy atom. The van der Waals surface area contributed by atoms with Gasteiger partial charge in [-0.15, -0.1) is 0 Å². The van der Waals surface area contributed by atoms with Gasteiger partial charge in [-0.25, -0.2) is 0 Å². The standard InChI is InChI=1S/C12H23N3O/c1-4-12(16)9-13-6-5-7-15-11(3)8-10(2)14-15/h8,12-13,16H,4-7,9H2,1-3H3. The third-order valence-electron chi connectivity index (χ3n) is 2.68. The molecule has 0 aliphatic heterocycles. The van der Waals surface area contributed by atoms with Crippen molar-refractivity contribution in [3.05, 3.63) is 17.5 Å². The molecule has 0 aromatic carbocycles. The highest BCUT2D eigenvalue weighted by molar-refractivity contribution is 5.06. The molecule has 0 fully saturated rings. The SMILES string of the molecule is CCC(O)CNCCCn1nc(C)cc1C. The maximum absolute atomic E-state index is 9.34. The third kappa shape index (κ3) is 4.33. The van der Waals surface area contributed by atoms with Crippen LogP contribution in [0.15, 0.2) is 6.07 Å². The number of aryl methyl sites for hydroxylation is 3. The molecule has 1 aromatic rings. The summed E-state index contributed by atoms with van der Waals surface area (Å²) >= 11 is 0. The lowest BCUT2D eigenvalue weighted by molar-refractivity contribution is 0.167. The van der Waals surface area contributed by atoms with Crippen LogP contribution < -0.4 is 5.32 Å². The average Bonchev–Trinajstić information content (AvgIpc) is 2.56. The van der Waals surface area contributed by atoms with E-state index in [1.165, 1.54) is 5.69 Å². The van der Waals surface area contributed by atoms with E-state index >= 15 is 0 Å². The summed E-state index contributed by atoms with van der Waals surface area (Å²) in [6, 6.07) is 2.09. The van der Waals surface area contributed by atoms with E-state index in [1.807, 2.05) is 18.5 Å². The zero-order valence-corrected chi connectivity index (χ0v) is 10.5. The summed E-state index contributed by atoms with van der Waals surface area (Å²) < 4.78 is 2.03. The van der Waals surface area contributed by atoms with Crippen LogP contribution in [0.3, 0.4) is 0 Å². The van der Waals surface area contributed by atoms with Crippen LogP contribution in [0, 0.1) is 13.8 Å². The van der Waals surface area contributed by atoms with Crippen LogP contribution in [0.4, 0.5) is 0 Å². The smallest absolute Gasteiger partial charge is 0.0662 e. The van der Waals surface area contributed by atoms with Gasteiger partial charge in [-0.2, -0.15) is 5.10 Å². The fraction of sp³-hybridized carbons (Fsp3) is 0.750. The molecular formula is C12H23N3O. The fourth-order valence-electron chi connectivity index (χ4n) is 1.67. The monoisotopic (exact) mass is 225 g/mol. The molecule has 2 N–H and O–H groups in total. The molecule has 1 rings (SSSR count). The van der Waals surface area contributed by atoms with Crippen LogP contribution in [0.25, 0.3) is 0 Å².